The fourth-order valence-electron chi connectivity index (χ4n) is 2.12. The van der Waals surface area contributed by atoms with E-state index in [2.05, 4.69) is 0 Å². The highest BCUT2D eigenvalue weighted by Crippen LogP contribution is 2.04. The summed E-state index contributed by atoms with van der Waals surface area (Å²) in [6.07, 6.45) is -0.449. The van der Waals surface area contributed by atoms with Crippen molar-refractivity contribution in [3.63, 3.8) is 0 Å². The highest BCUT2D eigenvalue weighted by molar-refractivity contribution is 5.82. The Morgan fingerprint density at radius 3 is 2.40 bits per heavy atom. The number of benzene rings is 1. The van der Waals surface area contributed by atoms with Gasteiger partial charge in [0, 0.05) is 14.2 Å². The summed E-state index contributed by atoms with van der Waals surface area (Å²) in [5, 5.41) is 0. The van der Waals surface area contributed by atoms with Gasteiger partial charge in [-0.1, -0.05) is 30.3 Å². The average Bonchev–Trinajstić information content (AvgIpc) is 2.63. The number of nitrogens with zero attached hydrogens (tertiary/aromatic N) is 1. The van der Waals surface area contributed by atoms with Gasteiger partial charge in [0.05, 0.1) is 32.8 Å². The van der Waals surface area contributed by atoms with E-state index in [1.165, 1.54) is 19.1 Å². The van der Waals surface area contributed by atoms with Crippen molar-refractivity contribution >= 4 is 11.9 Å². The maximum atomic E-state index is 12.4. The van der Waals surface area contributed by atoms with E-state index >= 15 is 0 Å². The lowest BCUT2D eigenvalue weighted by Gasteiger charge is -2.25. The molecule has 0 aliphatic heterocycles. The SMILES string of the molecule is CCOC(=O)CN(CC(OC)OC)C(=O)CCOCc1ccccc1. The maximum Gasteiger partial charge on any atom is 0.325 e. The molecule has 0 saturated heterocycles. The number of carbonyl (C=O) groups is 2. The van der Waals surface area contributed by atoms with Crippen molar-refractivity contribution in [1.29, 1.82) is 0 Å². The molecule has 1 aromatic carbocycles. The summed E-state index contributed by atoms with van der Waals surface area (Å²) in [5.74, 6) is -0.688. The van der Waals surface area contributed by atoms with Gasteiger partial charge in [0.25, 0.3) is 0 Å². The lowest BCUT2D eigenvalue weighted by molar-refractivity contribution is -0.157. The third-order valence-corrected chi connectivity index (χ3v) is 3.45. The maximum absolute atomic E-state index is 12.4. The second-order valence-corrected chi connectivity index (χ2v) is 5.27. The van der Waals surface area contributed by atoms with Gasteiger partial charge in [0.15, 0.2) is 6.29 Å². The van der Waals surface area contributed by atoms with Crippen LogP contribution < -0.4 is 0 Å². The van der Waals surface area contributed by atoms with Crippen LogP contribution in [0.25, 0.3) is 0 Å². The summed E-state index contributed by atoms with van der Waals surface area (Å²) < 4.78 is 20.6. The predicted molar refractivity (Wildman–Crippen MR) is 91.7 cm³/mol. The number of ether oxygens (including phenoxy) is 4. The monoisotopic (exact) mass is 353 g/mol. The highest BCUT2D eigenvalue weighted by atomic mass is 16.7. The lowest BCUT2D eigenvalue weighted by Crippen LogP contribution is -2.42. The molecular weight excluding hydrogens is 326 g/mol. The number of methoxy groups -OCH3 is 2. The van der Waals surface area contributed by atoms with Gasteiger partial charge in [-0.3, -0.25) is 9.59 Å². The highest BCUT2D eigenvalue weighted by Gasteiger charge is 2.21. The van der Waals surface area contributed by atoms with Crippen LogP contribution in [0.15, 0.2) is 30.3 Å². The van der Waals surface area contributed by atoms with E-state index in [0.717, 1.165) is 5.56 Å². The Morgan fingerprint density at radius 1 is 1.12 bits per heavy atom. The van der Waals surface area contributed by atoms with Gasteiger partial charge < -0.3 is 23.8 Å². The molecule has 0 unspecified atom stereocenters. The van der Waals surface area contributed by atoms with Crippen LogP contribution in [-0.4, -0.2) is 63.6 Å². The predicted octanol–water partition coefficient (Wildman–Crippen LogP) is 1.60. The Balaban J connectivity index is 2.48. The Hall–Kier alpha value is -1.96. The van der Waals surface area contributed by atoms with Crippen LogP contribution >= 0.6 is 0 Å². The molecular formula is C18H27NO6. The number of rotatable bonds is 12. The fraction of sp³-hybridized carbons (Fsp3) is 0.556. The van der Waals surface area contributed by atoms with Gasteiger partial charge in [-0.15, -0.1) is 0 Å². The van der Waals surface area contributed by atoms with Gasteiger partial charge in [0.1, 0.15) is 6.54 Å². The summed E-state index contributed by atoms with van der Waals surface area (Å²) in [7, 11) is 2.95. The smallest absolute Gasteiger partial charge is 0.325 e. The zero-order chi connectivity index (χ0) is 18.5. The van der Waals surface area contributed by atoms with Crippen LogP contribution in [0.4, 0.5) is 0 Å². The lowest BCUT2D eigenvalue weighted by atomic mass is 10.2. The Bertz CT molecular complexity index is 504. The molecule has 140 valence electrons. The minimum absolute atomic E-state index is 0.142. The number of hydrogen-bond donors (Lipinski definition) is 0. The van der Waals surface area contributed by atoms with Gasteiger partial charge in [-0.25, -0.2) is 0 Å². The summed E-state index contributed by atoms with van der Waals surface area (Å²) in [4.78, 5) is 25.5. The molecule has 0 spiro atoms. The van der Waals surface area contributed by atoms with Crippen molar-refractivity contribution in [2.24, 2.45) is 0 Å². The van der Waals surface area contributed by atoms with E-state index < -0.39 is 12.3 Å². The molecule has 0 aromatic heterocycles. The molecule has 1 amide bonds. The molecule has 0 bridgehead atoms. The number of amides is 1. The molecule has 7 nitrogen and oxygen atoms in total. The normalized spacial score (nSPS) is 10.7. The van der Waals surface area contributed by atoms with E-state index in [1.54, 1.807) is 6.92 Å². The molecule has 7 heteroatoms. The van der Waals surface area contributed by atoms with E-state index in [0.29, 0.717) is 6.61 Å². The summed E-state index contributed by atoms with van der Waals surface area (Å²) >= 11 is 0. The number of esters is 1. The van der Waals surface area contributed by atoms with Gasteiger partial charge in [-0.05, 0) is 12.5 Å². The third kappa shape index (κ3) is 8.62. The van der Waals surface area contributed by atoms with Crippen LogP contribution in [-0.2, 0) is 35.1 Å². The fourth-order valence-corrected chi connectivity index (χ4v) is 2.12. The van der Waals surface area contributed by atoms with Crippen molar-refractivity contribution in [2.75, 3.05) is 40.5 Å². The summed E-state index contributed by atoms with van der Waals surface area (Å²) in [6.45, 7) is 2.67. The van der Waals surface area contributed by atoms with Gasteiger partial charge in [-0.2, -0.15) is 0 Å². The Morgan fingerprint density at radius 2 is 1.80 bits per heavy atom. The van der Waals surface area contributed by atoms with E-state index in [9.17, 15) is 9.59 Å². The van der Waals surface area contributed by atoms with Crippen molar-refractivity contribution < 1.29 is 28.5 Å². The number of carbonyl (C=O) groups excluding carboxylic acids is 2. The molecule has 25 heavy (non-hydrogen) atoms. The van der Waals surface area contributed by atoms with E-state index in [4.69, 9.17) is 18.9 Å². The zero-order valence-electron chi connectivity index (χ0n) is 15.1. The molecule has 0 saturated carbocycles. The molecule has 1 aromatic rings. The van der Waals surface area contributed by atoms with Crippen LogP contribution in [0.5, 0.6) is 0 Å². The summed E-state index contributed by atoms with van der Waals surface area (Å²) in [5.41, 5.74) is 1.04. The minimum atomic E-state index is -0.608. The van der Waals surface area contributed by atoms with Gasteiger partial charge in [0.2, 0.25) is 5.91 Å². The summed E-state index contributed by atoms with van der Waals surface area (Å²) in [6, 6.07) is 9.71. The van der Waals surface area contributed by atoms with Crippen LogP contribution in [0, 0.1) is 0 Å². The zero-order valence-corrected chi connectivity index (χ0v) is 15.1. The molecule has 0 aliphatic rings. The largest absolute Gasteiger partial charge is 0.465 e. The first-order valence-electron chi connectivity index (χ1n) is 8.21. The van der Waals surface area contributed by atoms with Gasteiger partial charge >= 0.3 is 5.97 Å². The van der Waals surface area contributed by atoms with E-state index in [-0.39, 0.29) is 38.6 Å². The topological polar surface area (TPSA) is 74.3 Å². The van der Waals surface area contributed by atoms with Crippen molar-refractivity contribution in [3.05, 3.63) is 35.9 Å². The molecule has 0 radical (unpaired) electrons. The Labute approximate surface area is 148 Å². The number of hydrogen-bond acceptors (Lipinski definition) is 6. The van der Waals surface area contributed by atoms with Crippen molar-refractivity contribution in [1.82, 2.24) is 4.90 Å². The third-order valence-electron chi connectivity index (χ3n) is 3.45. The molecule has 0 fully saturated rings. The van der Waals surface area contributed by atoms with Crippen LogP contribution in [0.1, 0.15) is 18.9 Å². The van der Waals surface area contributed by atoms with Crippen molar-refractivity contribution in [3.8, 4) is 0 Å². The van der Waals surface area contributed by atoms with Crippen molar-refractivity contribution in [2.45, 2.75) is 26.2 Å². The molecule has 0 heterocycles. The van der Waals surface area contributed by atoms with E-state index in [1.807, 2.05) is 30.3 Å². The van der Waals surface area contributed by atoms with Crippen LogP contribution in [0.3, 0.4) is 0 Å². The quantitative estimate of drug-likeness (QED) is 0.323. The second kappa shape index (κ2) is 12.4. The Kier molecular flexibility index (Phi) is 10.5. The first-order chi connectivity index (χ1) is 12.1. The average molecular weight is 353 g/mol. The second-order valence-electron chi connectivity index (χ2n) is 5.27. The van der Waals surface area contributed by atoms with Crippen LogP contribution in [0.2, 0.25) is 0 Å². The first-order valence-corrected chi connectivity index (χ1v) is 8.21. The molecule has 0 N–H and O–H groups in total. The first kappa shape index (κ1) is 21.1. The molecule has 0 atom stereocenters. The molecule has 1 rings (SSSR count). The minimum Gasteiger partial charge on any atom is -0.465 e. The molecule has 0 aliphatic carbocycles. The standard InChI is InChI=1S/C18H27NO6/c1-4-25-17(21)12-19(13-18(22-2)23-3)16(20)10-11-24-14-15-8-6-5-7-9-15/h5-9,18H,4,10-14H2,1-3H3.